The second kappa shape index (κ2) is 14.3. The minimum Gasteiger partial charge on any atom is -0.208 e. The predicted molar refractivity (Wildman–Crippen MR) is 220 cm³/mol. The first kappa shape index (κ1) is 32.4. The van der Waals surface area contributed by atoms with Crippen molar-refractivity contribution in [3.05, 3.63) is 200 Å². The van der Waals surface area contributed by atoms with Crippen LogP contribution >= 0.6 is 0 Å². The van der Waals surface area contributed by atoms with Gasteiger partial charge in [0.05, 0.1) is 11.6 Å². The smallest absolute Gasteiger partial charge is 0.164 e. The molecular formula is C50H32N4. The highest BCUT2D eigenvalue weighted by molar-refractivity contribution is 5.97. The Labute approximate surface area is 314 Å². The van der Waals surface area contributed by atoms with Crippen LogP contribution in [0, 0.1) is 11.3 Å². The van der Waals surface area contributed by atoms with E-state index in [1.165, 1.54) is 10.8 Å². The number of fused-ring (bicyclic) bond motifs is 1. The molecule has 0 unspecified atom stereocenters. The Morgan fingerprint density at radius 1 is 0.315 bits per heavy atom. The lowest BCUT2D eigenvalue weighted by atomic mass is 9.87. The van der Waals surface area contributed by atoms with E-state index in [4.69, 9.17) is 15.0 Å². The van der Waals surface area contributed by atoms with Crippen molar-refractivity contribution in [2.45, 2.75) is 0 Å². The van der Waals surface area contributed by atoms with Crippen LogP contribution in [0.4, 0.5) is 0 Å². The summed E-state index contributed by atoms with van der Waals surface area (Å²) in [6.45, 7) is 0. The van der Waals surface area contributed by atoms with E-state index < -0.39 is 0 Å². The Hall–Kier alpha value is -7.48. The summed E-state index contributed by atoms with van der Waals surface area (Å²) in [5, 5.41) is 12.1. The van der Waals surface area contributed by atoms with Crippen molar-refractivity contribution in [2.75, 3.05) is 0 Å². The first-order chi connectivity index (χ1) is 26.7. The molecule has 0 aliphatic heterocycles. The number of rotatable bonds is 7. The van der Waals surface area contributed by atoms with Crippen LogP contribution in [0.25, 0.3) is 89.4 Å². The second-order valence-electron chi connectivity index (χ2n) is 13.2. The highest BCUT2D eigenvalue weighted by Crippen LogP contribution is 2.41. The van der Waals surface area contributed by atoms with Gasteiger partial charge in [-0.3, -0.25) is 0 Å². The van der Waals surface area contributed by atoms with Crippen molar-refractivity contribution in [1.82, 2.24) is 15.0 Å². The molecule has 1 aromatic heterocycles. The second-order valence-corrected chi connectivity index (χ2v) is 13.2. The number of nitriles is 1. The lowest BCUT2D eigenvalue weighted by Crippen LogP contribution is -2.00. The topological polar surface area (TPSA) is 62.5 Å². The van der Waals surface area contributed by atoms with Crippen LogP contribution in [-0.4, -0.2) is 15.0 Å². The summed E-state index contributed by atoms with van der Waals surface area (Å²) in [6.07, 6.45) is 0. The van der Waals surface area contributed by atoms with Gasteiger partial charge in [0.25, 0.3) is 0 Å². The predicted octanol–water partition coefficient (Wildman–Crippen LogP) is 12.6. The standard InChI is InChI=1S/C50H32N4/c51-33-34-12-9-20-43(30-34)49-52-48(39-27-24-37(25-28-39)35-13-3-1-4-14-35)53-50(54-49)44-21-10-19-41(32-44)45-22-11-23-46(47(45)38-16-5-2-6-17-38)42-29-26-36-15-7-8-18-40(36)31-42/h1-32H. The quantitative estimate of drug-likeness (QED) is 0.167. The maximum absolute atomic E-state index is 9.67. The molecule has 0 N–H and O–H groups in total. The van der Waals surface area contributed by atoms with Crippen molar-refractivity contribution in [3.63, 3.8) is 0 Å². The van der Waals surface area contributed by atoms with Crippen LogP contribution in [0.3, 0.4) is 0 Å². The van der Waals surface area contributed by atoms with E-state index in [1.807, 2.05) is 42.5 Å². The van der Waals surface area contributed by atoms with Gasteiger partial charge in [-0.25, -0.2) is 15.0 Å². The number of benzene rings is 8. The summed E-state index contributed by atoms with van der Waals surface area (Å²) in [4.78, 5) is 15.0. The maximum atomic E-state index is 9.67. The van der Waals surface area contributed by atoms with Crippen LogP contribution in [-0.2, 0) is 0 Å². The minimum absolute atomic E-state index is 0.507. The summed E-state index contributed by atoms with van der Waals surface area (Å²) in [5.41, 5.74) is 12.1. The first-order valence-corrected chi connectivity index (χ1v) is 17.9. The van der Waals surface area contributed by atoms with Gasteiger partial charge in [0.15, 0.2) is 17.5 Å². The monoisotopic (exact) mass is 688 g/mol. The van der Waals surface area contributed by atoms with E-state index in [1.54, 1.807) is 6.07 Å². The zero-order chi connectivity index (χ0) is 36.3. The van der Waals surface area contributed by atoms with E-state index in [0.29, 0.717) is 23.0 Å². The fraction of sp³-hybridized carbons (Fsp3) is 0. The van der Waals surface area contributed by atoms with Crippen LogP contribution in [0.2, 0.25) is 0 Å². The largest absolute Gasteiger partial charge is 0.208 e. The molecule has 9 aromatic rings. The molecular weight excluding hydrogens is 657 g/mol. The Balaban J connectivity index is 1.19. The van der Waals surface area contributed by atoms with Crippen molar-refractivity contribution >= 4 is 10.8 Å². The lowest BCUT2D eigenvalue weighted by Gasteiger charge is -2.17. The van der Waals surface area contributed by atoms with E-state index in [0.717, 1.165) is 61.2 Å². The van der Waals surface area contributed by atoms with Gasteiger partial charge < -0.3 is 0 Å². The molecule has 0 atom stereocenters. The summed E-state index contributed by atoms with van der Waals surface area (Å²) in [7, 11) is 0. The third-order valence-corrected chi connectivity index (χ3v) is 9.75. The summed E-state index contributed by atoms with van der Waals surface area (Å²) in [5.74, 6) is 1.62. The molecule has 0 aliphatic rings. The summed E-state index contributed by atoms with van der Waals surface area (Å²) >= 11 is 0. The Morgan fingerprint density at radius 3 is 1.46 bits per heavy atom. The zero-order valence-electron chi connectivity index (χ0n) is 29.3. The van der Waals surface area contributed by atoms with Crippen molar-refractivity contribution < 1.29 is 0 Å². The number of aromatic nitrogens is 3. The Bertz CT molecular complexity index is 2820. The molecule has 0 fully saturated rings. The van der Waals surface area contributed by atoms with Gasteiger partial charge in [-0.15, -0.1) is 0 Å². The fourth-order valence-corrected chi connectivity index (χ4v) is 7.07. The third kappa shape index (κ3) is 6.43. The maximum Gasteiger partial charge on any atom is 0.164 e. The molecule has 4 nitrogen and oxygen atoms in total. The number of hydrogen-bond donors (Lipinski definition) is 0. The zero-order valence-corrected chi connectivity index (χ0v) is 29.3. The molecule has 0 bridgehead atoms. The van der Waals surface area contributed by atoms with Crippen molar-refractivity contribution in [3.8, 4) is 84.7 Å². The Kier molecular flexibility index (Phi) is 8.57. The normalized spacial score (nSPS) is 10.9. The average Bonchev–Trinajstić information content (AvgIpc) is 3.26. The number of nitrogens with zero attached hydrogens (tertiary/aromatic N) is 4. The van der Waals surface area contributed by atoms with Gasteiger partial charge in [0, 0.05) is 16.7 Å². The van der Waals surface area contributed by atoms with E-state index in [-0.39, 0.29) is 0 Å². The van der Waals surface area contributed by atoms with E-state index in [2.05, 4.69) is 152 Å². The van der Waals surface area contributed by atoms with E-state index >= 15 is 0 Å². The van der Waals surface area contributed by atoms with Crippen LogP contribution < -0.4 is 0 Å². The average molecular weight is 689 g/mol. The lowest BCUT2D eigenvalue weighted by molar-refractivity contribution is 1.07. The van der Waals surface area contributed by atoms with Gasteiger partial charge in [-0.1, -0.05) is 170 Å². The van der Waals surface area contributed by atoms with Gasteiger partial charge in [-0.2, -0.15) is 5.26 Å². The summed E-state index contributed by atoms with van der Waals surface area (Å²) < 4.78 is 0. The molecule has 54 heavy (non-hydrogen) atoms. The summed E-state index contributed by atoms with van der Waals surface area (Å²) in [6, 6.07) is 69.0. The molecule has 8 aromatic carbocycles. The molecule has 0 aliphatic carbocycles. The minimum atomic E-state index is 0.507. The molecule has 0 amide bonds. The molecule has 0 spiro atoms. The van der Waals surface area contributed by atoms with E-state index in [9.17, 15) is 5.26 Å². The van der Waals surface area contributed by atoms with Crippen LogP contribution in [0.1, 0.15) is 5.56 Å². The number of hydrogen-bond acceptors (Lipinski definition) is 4. The Morgan fingerprint density at radius 2 is 0.778 bits per heavy atom. The molecule has 1 heterocycles. The van der Waals surface area contributed by atoms with Crippen molar-refractivity contribution in [1.29, 1.82) is 5.26 Å². The van der Waals surface area contributed by atoms with Crippen molar-refractivity contribution in [2.24, 2.45) is 0 Å². The molecule has 0 saturated heterocycles. The molecule has 0 radical (unpaired) electrons. The van der Waals surface area contributed by atoms with Gasteiger partial charge in [0.2, 0.25) is 0 Å². The SMILES string of the molecule is N#Cc1cccc(-c2nc(-c3ccc(-c4ccccc4)cc3)nc(-c3cccc(-c4cccc(-c5ccc6ccccc6c5)c4-c4ccccc4)c3)n2)c1. The van der Waals surface area contributed by atoms with Crippen LogP contribution in [0.15, 0.2) is 194 Å². The highest BCUT2D eigenvalue weighted by Gasteiger charge is 2.17. The van der Waals surface area contributed by atoms with Gasteiger partial charge in [-0.05, 0) is 79.5 Å². The van der Waals surface area contributed by atoms with Crippen LogP contribution in [0.5, 0.6) is 0 Å². The molecule has 252 valence electrons. The first-order valence-electron chi connectivity index (χ1n) is 17.9. The molecule has 9 rings (SSSR count). The van der Waals surface area contributed by atoms with Gasteiger partial charge in [0.1, 0.15) is 0 Å². The fourth-order valence-electron chi connectivity index (χ4n) is 7.07. The molecule has 0 saturated carbocycles. The molecule has 4 heteroatoms. The van der Waals surface area contributed by atoms with Gasteiger partial charge >= 0.3 is 0 Å². The third-order valence-electron chi connectivity index (χ3n) is 9.75. The highest BCUT2D eigenvalue weighted by atomic mass is 15.0.